The van der Waals surface area contributed by atoms with Gasteiger partial charge in [0.15, 0.2) is 0 Å². The van der Waals surface area contributed by atoms with Gasteiger partial charge in [0.05, 0.1) is 11.9 Å². The first-order valence-electron chi connectivity index (χ1n) is 5.83. The van der Waals surface area contributed by atoms with Crippen LogP contribution < -0.4 is 4.90 Å². The van der Waals surface area contributed by atoms with Gasteiger partial charge in [-0.15, -0.1) is 0 Å². The molecule has 5 heteroatoms. The number of nitrogens with zero attached hydrogens (tertiary/aromatic N) is 3. The molecular weight excluding hydrogens is 246 g/mol. The molecule has 1 aromatic carbocycles. The Morgan fingerprint density at radius 3 is 2.67 bits per heavy atom. The van der Waals surface area contributed by atoms with E-state index in [2.05, 4.69) is 17.7 Å². The van der Waals surface area contributed by atoms with Crippen LogP contribution in [0.25, 0.3) is 5.69 Å². The van der Waals surface area contributed by atoms with E-state index in [-0.39, 0.29) is 11.2 Å². The molecule has 4 nitrogen and oxygen atoms in total. The summed E-state index contributed by atoms with van der Waals surface area (Å²) < 4.78 is 1.78. The van der Waals surface area contributed by atoms with E-state index in [1.54, 1.807) is 15.8 Å². The van der Waals surface area contributed by atoms with Crippen LogP contribution >= 0.6 is 12.6 Å². The van der Waals surface area contributed by atoms with Crippen LogP contribution in [0, 0.1) is 0 Å². The molecule has 2 aromatic rings. The highest BCUT2D eigenvalue weighted by molar-refractivity contribution is 7.81. The van der Waals surface area contributed by atoms with Crippen molar-refractivity contribution >= 4 is 24.4 Å². The van der Waals surface area contributed by atoms with Gasteiger partial charge in [0, 0.05) is 24.3 Å². The highest BCUT2D eigenvalue weighted by atomic mass is 32.1. The van der Waals surface area contributed by atoms with Gasteiger partial charge in [-0.2, -0.15) is 17.7 Å². The summed E-state index contributed by atoms with van der Waals surface area (Å²) in [7, 11) is 0. The maximum absolute atomic E-state index is 11.9. The Balaban J connectivity index is 2.00. The third kappa shape index (κ3) is 1.90. The molecule has 0 aliphatic carbocycles. The average Bonchev–Trinajstić information content (AvgIpc) is 2.96. The monoisotopic (exact) mass is 259 g/mol. The van der Waals surface area contributed by atoms with E-state index in [4.69, 9.17) is 0 Å². The van der Waals surface area contributed by atoms with E-state index < -0.39 is 0 Å². The van der Waals surface area contributed by atoms with Gasteiger partial charge < -0.3 is 0 Å². The molecule has 0 radical (unpaired) electrons. The van der Waals surface area contributed by atoms with Gasteiger partial charge in [0.2, 0.25) is 5.91 Å². The van der Waals surface area contributed by atoms with E-state index in [0.717, 1.165) is 11.5 Å². The van der Waals surface area contributed by atoms with E-state index in [0.29, 0.717) is 13.0 Å². The molecule has 1 aliphatic rings. The molecule has 3 rings (SSSR count). The van der Waals surface area contributed by atoms with Crippen LogP contribution in [-0.4, -0.2) is 27.5 Å². The van der Waals surface area contributed by atoms with E-state index in [9.17, 15) is 4.79 Å². The first-order valence-corrected chi connectivity index (χ1v) is 6.35. The molecule has 18 heavy (non-hydrogen) atoms. The Labute approximate surface area is 111 Å². The molecule has 1 aliphatic heterocycles. The number of thiol groups is 1. The van der Waals surface area contributed by atoms with Gasteiger partial charge in [-0.1, -0.05) is 18.2 Å². The van der Waals surface area contributed by atoms with Gasteiger partial charge in [-0.05, 0) is 12.1 Å². The zero-order chi connectivity index (χ0) is 12.5. The van der Waals surface area contributed by atoms with Crippen LogP contribution in [-0.2, 0) is 4.79 Å². The molecule has 1 atom stereocenters. The zero-order valence-electron chi connectivity index (χ0n) is 9.73. The summed E-state index contributed by atoms with van der Waals surface area (Å²) in [4.78, 5) is 13.7. The summed E-state index contributed by atoms with van der Waals surface area (Å²) in [5, 5.41) is 4.40. The predicted octanol–water partition coefficient (Wildman–Crippen LogP) is 1.91. The summed E-state index contributed by atoms with van der Waals surface area (Å²) in [5.74, 6) is 0.912. The van der Waals surface area contributed by atoms with Crippen molar-refractivity contribution in [2.75, 3.05) is 11.4 Å². The molecule has 0 N–H and O–H groups in total. The molecule has 1 aromatic heterocycles. The van der Waals surface area contributed by atoms with Crippen molar-refractivity contribution in [3.63, 3.8) is 0 Å². The highest BCUT2D eigenvalue weighted by Crippen LogP contribution is 2.25. The number of benzene rings is 1. The Bertz CT molecular complexity index is 567. The number of hydrogen-bond donors (Lipinski definition) is 1. The quantitative estimate of drug-likeness (QED) is 0.837. The lowest BCUT2D eigenvalue weighted by Crippen LogP contribution is -2.27. The van der Waals surface area contributed by atoms with Crippen molar-refractivity contribution < 1.29 is 4.79 Å². The Kier molecular flexibility index (Phi) is 2.83. The molecular formula is C13H13N3OS. The number of para-hydroxylation sites is 1. The maximum atomic E-state index is 11.9. The molecule has 1 saturated heterocycles. The number of rotatable bonds is 2. The van der Waals surface area contributed by atoms with Crippen LogP contribution in [0.3, 0.4) is 0 Å². The smallest absolute Gasteiger partial charge is 0.229 e. The standard InChI is InChI=1S/C13H13N3OS/c17-13-8-11(18)9-15(13)12-6-7-14-16(12)10-4-2-1-3-5-10/h1-7,11,18H,8-9H2. The lowest BCUT2D eigenvalue weighted by atomic mass is 10.3. The van der Waals surface area contributed by atoms with Gasteiger partial charge in [0.25, 0.3) is 0 Å². The second-order valence-electron chi connectivity index (χ2n) is 4.30. The summed E-state index contributed by atoms with van der Waals surface area (Å²) in [6.45, 7) is 0.639. The highest BCUT2D eigenvalue weighted by Gasteiger charge is 2.30. The first-order chi connectivity index (χ1) is 8.75. The van der Waals surface area contributed by atoms with Crippen molar-refractivity contribution in [3.8, 4) is 5.69 Å². The third-order valence-electron chi connectivity index (χ3n) is 3.00. The maximum Gasteiger partial charge on any atom is 0.229 e. The van der Waals surface area contributed by atoms with Crippen LogP contribution in [0.2, 0.25) is 0 Å². The molecule has 0 saturated carbocycles. The van der Waals surface area contributed by atoms with E-state index in [1.807, 2.05) is 36.4 Å². The zero-order valence-corrected chi connectivity index (χ0v) is 10.6. The largest absolute Gasteiger partial charge is 0.296 e. The van der Waals surface area contributed by atoms with Crippen molar-refractivity contribution in [3.05, 3.63) is 42.6 Å². The lowest BCUT2D eigenvalue weighted by Gasteiger charge is -2.17. The second kappa shape index (κ2) is 4.49. The predicted molar refractivity (Wildman–Crippen MR) is 73.3 cm³/mol. The van der Waals surface area contributed by atoms with Gasteiger partial charge >= 0.3 is 0 Å². The summed E-state index contributed by atoms with van der Waals surface area (Å²) in [6, 6.07) is 11.7. The fourth-order valence-electron chi connectivity index (χ4n) is 2.18. The normalized spacial score (nSPS) is 19.5. The molecule has 0 bridgehead atoms. The average molecular weight is 259 g/mol. The van der Waals surface area contributed by atoms with Gasteiger partial charge in [0.1, 0.15) is 5.82 Å². The third-order valence-corrected chi connectivity index (χ3v) is 3.35. The Hall–Kier alpha value is -1.75. The minimum atomic E-state index is 0.104. The van der Waals surface area contributed by atoms with Crippen molar-refractivity contribution in [2.45, 2.75) is 11.7 Å². The lowest BCUT2D eigenvalue weighted by molar-refractivity contribution is -0.117. The van der Waals surface area contributed by atoms with Crippen molar-refractivity contribution in [2.24, 2.45) is 0 Å². The fourth-order valence-corrected chi connectivity index (χ4v) is 2.50. The number of aromatic nitrogens is 2. The van der Waals surface area contributed by atoms with Crippen LogP contribution in [0.15, 0.2) is 42.6 Å². The first kappa shape index (κ1) is 11.3. The number of anilines is 1. The topological polar surface area (TPSA) is 38.1 Å². The molecule has 1 amide bonds. The van der Waals surface area contributed by atoms with Crippen LogP contribution in [0.1, 0.15) is 6.42 Å². The Morgan fingerprint density at radius 2 is 2.00 bits per heavy atom. The molecule has 92 valence electrons. The number of carbonyl (C=O) groups excluding carboxylic acids is 1. The van der Waals surface area contributed by atoms with Crippen LogP contribution in [0.5, 0.6) is 0 Å². The van der Waals surface area contributed by atoms with Gasteiger partial charge in [-0.25, -0.2) is 4.68 Å². The van der Waals surface area contributed by atoms with Crippen LogP contribution in [0.4, 0.5) is 5.82 Å². The van der Waals surface area contributed by atoms with Crippen molar-refractivity contribution in [1.82, 2.24) is 9.78 Å². The number of amides is 1. The number of carbonyl (C=O) groups is 1. The van der Waals surface area contributed by atoms with E-state index >= 15 is 0 Å². The number of hydrogen-bond acceptors (Lipinski definition) is 3. The Morgan fingerprint density at radius 1 is 1.22 bits per heavy atom. The van der Waals surface area contributed by atoms with Crippen molar-refractivity contribution in [1.29, 1.82) is 0 Å². The summed E-state index contributed by atoms with van der Waals surface area (Å²) in [6.07, 6.45) is 2.20. The summed E-state index contributed by atoms with van der Waals surface area (Å²) in [5.41, 5.74) is 0.952. The van der Waals surface area contributed by atoms with E-state index in [1.165, 1.54) is 0 Å². The fraction of sp³-hybridized carbons (Fsp3) is 0.231. The molecule has 0 spiro atoms. The molecule has 2 heterocycles. The SMILES string of the molecule is O=C1CC(S)CN1c1ccnn1-c1ccccc1. The molecule has 1 unspecified atom stereocenters. The van der Waals surface area contributed by atoms with Gasteiger partial charge in [-0.3, -0.25) is 9.69 Å². The molecule has 1 fully saturated rings. The second-order valence-corrected chi connectivity index (χ2v) is 5.03. The minimum Gasteiger partial charge on any atom is -0.296 e. The minimum absolute atomic E-state index is 0.104. The summed E-state index contributed by atoms with van der Waals surface area (Å²) >= 11 is 4.37.